The van der Waals surface area contributed by atoms with Gasteiger partial charge in [0.15, 0.2) is 0 Å². The van der Waals surface area contributed by atoms with Gasteiger partial charge >= 0.3 is 0 Å². The van der Waals surface area contributed by atoms with Crippen molar-refractivity contribution in [1.29, 1.82) is 0 Å². The molecule has 0 fully saturated rings. The Balaban J connectivity index is 2.50. The molecule has 0 saturated carbocycles. The number of likely N-dealkylation sites (N-methyl/N-ethyl adjacent to an activating group) is 1. The van der Waals surface area contributed by atoms with Gasteiger partial charge in [-0.1, -0.05) is 0 Å². The number of aryl methyl sites for hydroxylation is 1. The summed E-state index contributed by atoms with van der Waals surface area (Å²) in [5, 5.41) is 1.04. The van der Waals surface area contributed by atoms with Crippen LogP contribution >= 0.6 is 15.9 Å². The average molecular weight is 296 g/mol. The van der Waals surface area contributed by atoms with E-state index in [1.807, 2.05) is 23.6 Å². The number of rotatable bonds is 2. The monoisotopic (exact) mass is 295 g/mol. The SMILES string of the molecule is Cc1cc2c(Br)nccc2n1CC(=O)N(C)C. The number of amides is 1. The highest BCUT2D eigenvalue weighted by molar-refractivity contribution is 9.10. The maximum absolute atomic E-state index is 11.8. The van der Waals surface area contributed by atoms with E-state index < -0.39 is 0 Å². The summed E-state index contributed by atoms with van der Waals surface area (Å²) >= 11 is 3.42. The molecule has 90 valence electrons. The third-order valence-corrected chi connectivity index (χ3v) is 3.41. The Hall–Kier alpha value is -1.36. The molecule has 0 atom stereocenters. The number of fused-ring (bicyclic) bond motifs is 1. The molecule has 5 heteroatoms. The van der Waals surface area contributed by atoms with Crippen molar-refractivity contribution in [3.8, 4) is 0 Å². The third-order valence-electron chi connectivity index (χ3n) is 2.78. The molecule has 0 aromatic carbocycles. The highest BCUT2D eigenvalue weighted by Crippen LogP contribution is 2.25. The van der Waals surface area contributed by atoms with Crippen molar-refractivity contribution in [2.45, 2.75) is 13.5 Å². The molecule has 0 radical (unpaired) electrons. The number of carbonyl (C=O) groups excluding carboxylic acids is 1. The fraction of sp³-hybridized carbons (Fsp3) is 0.333. The summed E-state index contributed by atoms with van der Waals surface area (Å²) < 4.78 is 2.82. The lowest BCUT2D eigenvalue weighted by molar-refractivity contribution is -0.129. The van der Waals surface area contributed by atoms with Crippen molar-refractivity contribution in [3.63, 3.8) is 0 Å². The van der Waals surface area contributed by atoms with Gasteiger partial charge < -0.3 is 9.47 Å². The van der Waals surface area contributed by atoms with E-state index in [1.54, 1.807) is 25.2 Å². The highest BCUT2D eigenvalue weighted by atomic mass is 79.9. The zero-order valence-electron chi connectivity index (χ0n) is 10.1. The predicted octanol–water partition coefficient (Wildman–Crippen LogP) is 2.20. The van der Waals surface area contributed by atoms with E-state index >= 15 is 0 Å². The Kier molecular flexibility index (Phi) is 3.19. The summed E-state index contributed by atoms with van der Waals surface area (Å²) in [7, 11) is 3.53. The van der Waals surface area contributed by atoms with E-state index in [0.29, 0.717) is 6.54 Å². The number of halogens is 1. The van der Waals surface area contributed by atoms with E-state index in [9.17, 15) is 4.79 Å². The van der Waals surface area contributed by atoms with Crippen molar-refractivity contribution < 1.29 is 4.79 Å². The minimum atomic E-state index is 0.0820. The normalized spacial score (nSPS) is 10.8. The molecule has 2 aromatic heterocycles. The first-order chi connectivity index (χ1) is 8.00. The predicted molar refractivity (Wildman–Crippen MR) is 70.9 cm³/mol. The maximum atomic E-state index is 11.8. The van der Waals surface area contributed by atoms with Gasteiger partial charge in [0.1, 0.15) is 11.1 Å². The first-order valence-electron chi connectivity index (χ1n) is 5.31. The lowest BCUT2D eigenvalue weighted by Crippen LogP contribution is -2.26. The molecule has 0 unspecified atom stereocenters. The Morgan fingerprint density at radius 2 is 2.24 bits per heavy atom. The Bertz CT molecular complexity index is 574. The molecule has 0 aliphatic heterocycles. The zero-order valence-corrected chi connectivity index (χ0v) is 11.7. The minimum Gasteiger partial charge on any atom is -0.347 e. The van der Waals surface area contributed by atoms with Gasteiger partial charge in [0.2, 0.25) is 5.91 Å². The molecular formula is C12H14BrN3O. The fourth-order valence-electron chi connectivity index (χ4n) is 1.77. The lowest BCUT2D eigenvalue weighted by atomic mass is 10.3. The second-order valence-electron chi connectivity index (χ2n) is 4.19. The molecule has 0 spiro atoms. The van der Waals surface area contributed by atoms with Crippen LogP contribution in [0.5, 0.6) is 0 Å². The minimum absolute atomic E-state index is 0.0820. The molecular weight excluding hydrogens is 282 g/mol. The first kappa shape index (κ1) is 12.1. The quantitative estimate of drug-likeness (QED) is 0.797. The van der Waals surface area contributed by atoms with E-state index in [1.165, 1.54) is 0 Å². The van der Waals surface area contributed by atoms with Gasteiger partial charge in [-0.15, -0.1) is 0 Å². The smallest absolute Gasteiger partial charge is 0.241 e. The number of hydrogen-bond donors (Lipinski definition) is 0. The molecule has 2 aromatic rings. The molecule has 0 N–H and O–H groups in total. The summed E-state index contributed by atoms with van der Waals surface area (Å²) in [5.74, 6) is 0.0820. The molecule has 0 saturated heterocycles. The molecule has 1 amide bonds. The molecule has 0 aliphatic carbocycles. The van der Waals surface area contributed by atoms with Gasteiger partial charge in [-0.3, -0.25) is 4.79 Å². The number of nitrogens with zero attached hydrogens (tertiary/aromatic N) is 3. The molecule has 17 heavy (non-hydrogen) atoms. The summed E-state index contributed by atoms with van der Waals surface area (Å²) in [6, 6.07) is 3.96. The first-order valence-corrected chi connectivity index (χ1v) is 6.10. The number of pyridine rings is 1. The van der Waals surface area contributed by atoms with Crippen LogP contribution in [0.25, 0.3) is 10.9 Å². The van der Waals surface area contributed by atoms with Crippen molar-refractivity contribution >= 4 is 32.7 Å². The Morgan fingerprint density at radius 1 is 1.53 bits per heavy atom. The second-order valence-corrected chi connectivity index (χ2v) is 4.95. The molecule has 0 bridgehead atoms. The standard InChI is InChI=1S/C12H14BrN3O/c1-8-6-9-10(4-5-14-12(9)13)16(8)7-11(17)15(2)3/h4-6H,7H2,1-3H3. The Morgan fingerprint density at radius 3 is 2.88 bits per heavy atom. The average Bonchev–Trinajstić information content (AvgIpc) is 2.58. The van der Waals surface area contributed by atoms with Crippen LogP contribution in [-0.4, -0.2) is 34.5 Å². The number of aromatic nitrogens is 2. The molecule has 2 rings (SSSR count). The van der Waals surface area contributed by atoms with Crippen molar-refractivity contribution in [1.82, 2.24) is 14.5 Å². The van der Waals surface area contributed by atoms with Crippen LogP contribution in [-0.2, 0) is 11.3 Å². The van der Waals surface area contributed by atoms with Gasteiger partial charge in [-0.25, -0.2) is 4.98 Å². The van der Waals surface area contributed by atoms with Crippen LogP contribution < -0.4 is 0 Å². The largest absolute Gasteiger partial charge is 0.347 e. The summed E-state index contributed by atoms with van der Waals surface area (Å²) in [4.78, 5) is 17.6. The second kappa shape index (κ2) is 4.49. The van der Waals surface area contributed by atoms with Crippen molar-refractivity contribution in [2.75, 3.05) is 14.1 Å². The summed E-state index contributed by atoms with van der Waals surface area (Å²) in [6.07, 6.45) is 1.74. The van der Waals surface area contributed by atoms with Crippen LogP contribution in [0, 0.1) is 6.92 Å². The van der Waals surface area contributed by atoms with Crippen LogP contribution in [0.4, 0.5) is 0 Å². The van der Waals surface area contributed by atoms with Gasteiger partial charge in [0.05, 0.1) is 5.52 Å². The van der Waals surface area contributed by atoms with Crippen LogP contribution in [0.1, 0.15) is 5.69 Å². The summed E-state index contributed by atoms with van der Waals surface area (Å²) in [5.41, 5.74) is 2.09. The van der Waals surface area contributed by atoms with Gasteiger partial charge in [0.25, 0.3) is 0 Å². The molecule has 0 aliphatic rings. The van der Waals surface area contributed by atoms with Gasteiger partial charge in [-0.05, 0) is 35.0 Å². The zero-order chi connectivity index (χ0) is 12.6. The third kappa shape index (κ3) is 2.20. The van der Waals surface area contributed by atoms with Crippen LogP contribution in [0.3, 0.4) is 0 Å². The number of hydrogen-bond acceptors (Lipinski definition) is 2. The van der Waals surface area contributed by atoms with E-state index in [0.717, 1.165) is 21.2 Å². The van der Waals surface area contributed by atoms with Gasteiger partial charge in [0, 0.05) is 31.4 Å². The number of carbonyl (C=O) groups is 1. The highest BCUT2D eigenvalue weighted by Gasteiger charge is 2.12. The maximum Gasteiger partial charge on any atom is 0.241 e. The molecule has 4 nitrogen and oxygen atoms in total. The van der Waals surface area contributed by atoms with Gasteiger partial charge in [-0.2, -0.15) is 0 Å². The van der Waals surface area contributed by atoms with Crippen molar-refractivity contribution in [2.24, 2.45) is 0 Å². The lowest BCUT2D eigenvalue weighted by Gasteiger charge is -2.13. The van der Waals surface area contributed by atoms with E-state index in [4.69, 9.17) is 0 Å². The topological polar surface area (TPSA) is 38.1 Å². The summed E-state index contributed by atoms with van der Waals surface area (Å²) in [6.45, 7) is 2.36. The van der Waals surface area contributed by atoms with E-state index in [2.05, 4.69) is 20.9 Å². The van der Waals surface area contributed by atoms with E-state index in [-0.39, 0.29) is 5.91 Å². The Labute approximate surface area is 108 Å². The van der Waals surface area contributed by atoms with Crippen LogP contribution in [0.15, 0.2) is 22.9 Å². The van der Waals surface area contributed by atoms with Crippen molar-refractivity contribution in [3.05, 3.63) is 28.6 Å². The molecule has 2 heterocycles. The fourth-order valence-corrected chi connectivity index (χ4v) is 2.21. The van der Waals surface area contributed by atoms with Crippen LogP contribution in [0.2, 0.25) is 0 Å².